The first-order chi connectivity index (χ1) is 17.0. The van der Waals surface area contributed by atoms with Crippen LogP contribution in [-0.4, -0.2) is 12.2 Å². The first kappa shape index (κ1) is 26.7. The lowest BCUT2D eigenvalue weighted by Gasteiger charge is -2.02. The van der Waals surface area contributed by atoms with E-state index >= 15 is 0 Å². The molecule has 0 spiro atoms. The van der Waals surface area contributed by atoms with Crippen molar-refractivity contribution in [3.05, 3.63) is 131 Å². The molecule has 0 aliphatic carbocycles. The van der Waals surface area contributed by atoms with Crippen LogP contribution in [-0.2, 0) is 13.1 Å². The Morgan fingerprint density at radius 2 is 1.11 bits per heavy atom. The highest BCUT2D eigenvalue weighted by Crippen LogP contribution is 2.07. The number of rotatable bonds is 5. The second-order valence-corrected chi connectivity index (χ2v) is 7.70. The lowest BCUT2D eigenvalue weighted by Crippen LogP contribution is -2.13. The smallest absolute Gasteiger partial charge is 0.125 e. The average molecular weight is 467 g/mol. The number of amidine groups is 1. The van der Waals surface area contributed by atoms with Crippen LogP contribution in [0.4, 0.5) is 11.4 Å². The summed E-state index contributed by atoms with van der Waals surface area (Å²) in [6, 6.07) is 35.2. The van der Waals surface area contributed by atoms with Crippen LogP contribution >= 0.6 is 0 Å². The molecule has 180 valence electrons. The molecule has 4 rings (SSSR count). The minimum Gasteiger partial charge on any atom is -0.399 e. The zero-order valence-corrected chi connectivity index (χ0v) is 20.1. The lowest BCUT2D eigenvalue weighted by molar-refractivity contribution is 1.06. The number of aryl methyl sites for hydroxylation is 1. The van der Waals surface area contributed by atoms with E-state index in [0.29, 0.717) is 18.9 Å². The number of hydrogen-bond donors (Lipinski definition) is 4. The highest BCUT2D eigenvalue weighted by molar-refractivity contribution is 5.97. The summed E-state index contributed by atoms with van der Waals surface area (Å²) in [5.41, 5.74) is 28.1. The van der Waals surface area contributed by atoms with Gasteiger partial charge in [0.2, 0.25) is 0 Å². The van der Waals surface area contributed by atoms with E-state index in [0.717, 1.165) is 22.5 Å². The Kier molecular flexibility index (Phi) is 11.7. The van der Waals surface area contributed by atoms with Gasteiger partial charge in [-0.05, 0) is 54.4 Å². The van der Waals surface area contributed by atoms with Gasteiger partial charge in [-0.2, -0.15) is 0 Å². The maximum atomic E-state index is 5.90. The van der Waals surface area contributed by atoms with E-state index < -0.39 is 0 Å². The highest BCUT2D eigenvalue weighted by atomic mass is 14.8. The molecule has 4 aromatic carbocycles. The monoisotopic (exact) mass is 466 g/mol. The predicted octanol–water partition coefficient (Wildman–Crippen LogP) is 4.93. The summed E-state index contributed by atoms with van der Waals surface area (Å²) in [5, 5.41) is 0. The van der Waals surface area contributed by atoms with Crippen molar-refractivity contribution in [3.8, 4) is 0 Å². The molecule has 0 radical (unpaired) electrons. The third kappa shape index (κ3) is 11.2. The highest BCUT2D eigenvalue weighted by Gasteiger charge is 1.97. The molecule has 0 aliphatic heterocycles. The number of aliphatic imine (C=N–C) groups is 2. The van der Waals surface area contributed by atoms with Crippen LogP contribution in [0.1, 0.15) is 22.3 Å². The van der Waals surface area contributed by atoms with Gasteiger partial charge in [0, 0.05) is 16.9 Å². The van der Waals surface area contributed by atoms with Crippen molar-refractivity contribution in [2.75, 3.05) is 11.5 Å². The zero-order valence-electron chi connectivity index (χ0n) is 20.1. The molecular formula is C29H34N6. The van der Waals surface area contributed by atoms with Crippen molar-refractivity contribution in [1.82, 2.24) is 0 Å². The molecular weight excluding hydrogens is 432 g/mol. The maximum Gasteiger partial charge on any atom is 0.125 e. The number of hydrogen-bond acceptors (Lipinski definition) is 4. The molecule has 4 aromatic rings. The zero-order chi connectivity index (χ0) is 25.3. The third-order valence-electron chi connectivity index (χ3n) is 4.78. The predicted molar refractivity (Wildman–Crippen MR) is 150 cm³/mol. The molecule has 0 atom stereocenters. The van der Waals surface area contributed by atoms with Crippen molar-refractivity contribution in [3.63, 3.8) is 0 Å². The van der Waals surface area contributed by atoms with Gasteiger partial charge in [0.1, 0.15) is 5.84 Å². The molecule has 0 unspecified atom stereocenters. The number of nitrogens with two attached hydrogens (primary N) is 4. The van der Waals surface area contributed by atoms with Crippen molar-refractivity contribution < 1.29 is 0 Å². The van der Waals surface area contributed by atoms with Gasteiger partial charge in [-0.1, -0.05) is 78.4 Å². The minimum atomic E-state index is 0.536. The van der Waals surface area contributed by atoms with Crippen molar-refractivity contribution in [1.29, 1.82) is 0 Å². The quantitative estimate of drug-likeness (QED) is 0.189. The van der Waals surface area contributed by atoms with Gasteiger partial charge in [-0.15, -0.1) is 0 Å². The molecule has 0 amide bonds. The normalized spacial score (nSPS) is 10.6. The fourth-order valence-corrected chi connectivity index (χ4v) is 2.81. The van der Waals surface area contributed by atoms with Gasteiger partial charge in [0.05, 0.1) is 19.4 Å². The van der Waals surface area contributed by atoms with Crippen LogP contribution in [0, 0.1) is 6.92 Å². The van der Waals surface area contributed by atoms with Crippen LogP contribution in [0.25, 0.3) is 0 Å². The molecule has 0 bridgehead atoms. The first-order valence-electron chi connectivity index (χ1n) is 11.2. The molecule has 0 aromatic heterocycles. The molecule has 6 nitrogen and oxygen atoms in total. The Hall–Kier alpha value is -4.58. The number of benzene rings is 4. The molecule has 35 heavy (non-hydrogen) atoms. The van der Waals surface area contributed by atoms with E-state index in [1.54, 1.807) is 0 Å². The summed E-state index contributed by atoms with van der Waals surface area (Å²) in [7, 11) is 0. The van der Waals surface area contributed by atoms with Crippen LogP contribution in [0.2, 0.25) is 0 Å². The Balaban J connectivity index is 0.000000204. The molecule has 6 heteroatoms. The Morgan fingerprint density at radius 3 is 1.57 bits per heavy atom. The summed E-state index contributed by atoms with van der Waals surface area (Å²) in [5.74, 6) is 0.536. The van der Waals surface area contributed by atoms with Crippen LogP contribution < -0.4 is 22.9 Å². The van der Waals surface area contributed by atoms with Crippen LogP contribution in [0.5, 0.6) is 0 Å². The molecule has 0 saturated heterocycles. The number of anilines is 2. The van der Waals surface area contributed by atoms with Crippen LogP contribution in [0.3, 0.4) is 0 Å². The second kappa shape index (κ2) is 15.3. The van der Waals surface area contributed by atoms with Crippen LogP contribution in [0.15, 0.2) is 119 Å². The van der Waals surface area contributed by atoms with Crippen molar-refractivity contribution >= 4 is 23.5 Å². The van der Waals surface area contributed by atoms with Gasteiger partial charge < -0.3 is 22.9 Å². The Morgan fingerprint density at radius 1 is 0.657 bits per heavy atom. The standard InChI is InChI=1S/C14H15N3.C8H10N2.C7H9N/c15-13-8-6-12(7-9-13)14(16)17-10-11-4-2-1-3-5-11;9-7-10-6-8-4-2-1-3-5-8;1-6-2-4-7(8)5-3-6/h1-9H,10,15H2,(H2,16,17);1-5,7H,6H2,(H2,9,10);2-5H,8H2,1H3. The molecule has 0 saturated carbocycles. The summed E-state index contributed by atoms with van der Waals surface area (Å²) in [4.78, 5) is 8.24. The lowest BCUT2D eigenvalue weighted by atomic mass is 10.2. The Bertz CT molecular complexity index is 1130. The maximum absolute atomic E-state index is 5.90. The fraction of sp³-hybridized carbons (Fsp3) is 0.103. The Labute approximate surface area is 208 Å². The minimum absolute atomic E-state index is 0.536. The average Bonchev–Trinajstić information content (AvgIpc) is 2.90. The van der Waals surface area contributed by atoms with Gasteiger partial charge in [0.25, 0.3) is 0 Å². The van der Waals surface area contributed by atoms with Gasteiger partial charge in [-0.3, -0.25) is 9.98 Å². The molecule has 8 N–H and O–H groups in total. The SMILES string of the molecule is Cc1ccc(N)cc1.NC(=NCc1ccccc1)c1ccc(N)cc1.NC=NCc1ccccc1. The van der Waals surface area contributed by atoms with Crippen molar-refractivity contribution in [2.45, 2.75) is 20.0 Å². The number of nitrogen functional groups attached to an aromatic ring is 2. The van der Waals surface area contributed by atoms with E-state index in [2.05, 4.69) is 9.98 Å². The van der Waals surface area contributed by atoms with Gasteiger partial charge in [0.15, 0.2) is 0 Å². The summed E-state index contributed by atoms with van der Waals surface area (Å²) in [6.07, 6.45) is 1.33. The van der Waals surface area contributed by atoms with Gasteiger partial charge >= 0.3 is 0 Å². The van der Waals surface area contributed by atoms with E-state index in [-0.39, 0.29) is 0 Å². The van der Waals surface area contributed by atoms with Crippen molar-refractivity contribution in [2.24, 2.45) is 21.5 Å². The summed E-state index contributed by atoms with van der Waals surface area (Å²) in [6.45, 7) is 3.31. The van der Waals surface area contributed by atoms with E-state index in [1.165, 1.54) is 17.5 Å². The first-order valence-corrected chi connectivity index (χ1v) is 11.2. The third-order valence-corrected chi connectivity index (χ3v) is 4.78. The van der Waals surface area contributed by atoms with E-state index in [4.69, 9.17) is 22.9 Å². The second-order valence-electron chi connectivity index (χ2n) is 7.70. The molecule has 0 fully saturated rings. The van der Waals surface area contributed by atoms with E-state index in [9.17, 15) is 0 Å². The van der Waals surface area contributed by atoms with E-state index in [1.807, 2.05) is 116 Å². The summed E-state index contributed by atoms with van der Waals surface area (Å²) < 4.78 is 0. The largest absolute Gasteiger partial charge is 0.399 e. The molecule has 0 aliphatic rings. The van der Waals surface area contributed by atoms with Gasteiger partial charge in [-0.25, -0.2) is 0 Å². The molecule has 0 heterocycles. The summed E-state index contributed by atoms with van der Waals surface area (Å²) >= 11 is 0. The number of nitrogens with zero attached hydrogens (tertiary/aromatic N) is 2. The fourth-order valence-electron chi connectivity index (χ4n) is 2.81. The topological polar surface area (TPSA) is 129 Å².